The molecule has 1 aromatic heterocycles. The summed E-state index contributed by atoms with van der Waals surface area (Å²) in [5.41, 5.74) is 0.991. The summed E-state index contributed by atoms with van der Waals surface area (Å²) in [5.74, 6) is 2.10. The van der Waals surface area contributed by atoms with Crippen LogP contribution >= 0.6 is 23.4 Å². The second-order valence-electron chi connectivity index (χ2n) is 7.86. The quantitative estimate of drug-likeness (QED) is 0.486. The van der Waals surface area contributed by atoms with E-state index in [0.717, 1.165) is 48.1 Å². The van der Waals surface area contributed by atoms with Gasteiger partial charge in [-0.25, -0.2) is 0 Å². The highest BCUT2D eigenvalue weighted by molar-refractivity contribution is 7.99. The molecule has 0 radical (unpaired) electrons. The molecule has 0 unspecified atom stereocenters. The van der Waals surface area contributed by atoms with Crippen LogP contribution in [0.25, 0.3) is 0 Å². The molecule has 3 rings (SSSR count). The molecule has 0 bridgehead atoms. The van der Waals surface area contributed by atoms with Crippen LogP contribution < -0.4 is 4.74 Å². The number of hydrogen-bond donors (Lipinski definition) is 0. The molecule has 8 heteroatoms. The topological polar surface area (TPSA) is 60.3 Å². The van der Waals surface area contributed by atoms with Crippen LogP contribution in [-0.2, 0) is 11.4 Å². The first-order valence-corrected chi connectivity index (χ1v) is 12.1. The second-order valence-corrected chi connectivity index (χ2v) is 9.24. The minimum atomic E-state index is 0.120. The molecule has 1 fully saturated rings. The van der Waals surface area contributed by atoms with E-state index in [1.807, 2.05) is 32.2 Å². The number of hydrogen-bond acceptors (Lipinski definition) is 5. The van der Waals surface area contributed by atoms with Crippen LogP contribution in [0.1, 0.15) is 62.9 Å². The van der Waals surface area contributed by atoms with E-state index in [4.69, 9.17) is 16.3 Å². The van der Waals surface area contributed by atoms with Gasteiger partial charge in [-0.3, -0.25) is 9.36 Å². The van der Waals surface area contributed by atoms with Gasteiger partial charge in [0.1, 0.15) is 12.4 Å². The molecule has 1 amide bonds. The molecule has 6 nitrogen and oxygen atoms in total. The summed E-state index contributed by atoms with van der Waals surface area (Å²) in [5, 5.41) is 10.4. The van der Waals surface area contributed by atoms with Gasteiger partial charge in [0, 0.05) is 24.7 Å². The van der Waals surface area contributed by atoms with Gasteiger partial charge in [0.25, 0.3) is 0 Å². The molecule has 0 N–H and O–H groups in total. The predicted molar refractivity (Wildman–Crippen MR) is 121 cm³/mol. The number of amides is 1. The molecule has 1 aliphatic carbocycles. The van der Waals surface area contributed by atoms with Crippen molar-refractivity contribution in [3.8, 4) is 5.75 Å². The van der Waals surface area contributed by atoms with Crippen molar-refractivity contribution < 1.29 is 9.53 Å². The molecule has 30 heavy (non-hydrogen) atoms. The van der Waals surface area contributed by atoms with Crippen molar-refractivity contribution in [1.82, 2.24) is 19.7 Å². The smallest absolute Gasteiger partial charge is 0.232 e. The van der Waals surface area contributed by atoms with E-state index in [0.29, 0.717) is 23.4 Å². The van der Waals surface area contributed by atoms with Gasteiger partial charge in [0.05, 0.1) is 5.75 Å². The molecule has 0 spiro atoms. The maximum atomic E-state index is 12.4. The Hall–Kier alpha value is -1.73. The van der Waals surface area contributed by atoms with Crippen molar-refractivity contribution in [2.75, 3.05) is 19.3 Å². The molecule has 0 saturated heterocycles. The van der Waals surface area contributed by atoms with Crippen LogP contribution in [0.15, 0.2) is 23.4 Å². The molecular formula is C22H31ClN4O2S. The van der Waals surface area contributed by atoms with Crippen molar-refractivity contribution in [2.24, 2.45) is 0 Å². The summed E-state index contributed by atoms with van der Waals surface area (Å²) in [7, 11) is 1.85. The van der Waals surface area contributed by atoms with E-state index in [9.17, 15) is 4.79 Å². The number of rotatable bonds is 9. The zero-order valence-electron chi connectivity index (χ0n) is 18.1. The molecule has 0 atom stereocenters. The fourth-order valence-corrected chi connectivity index (χ4v) is 5.02. The van der Waals surface area contributed by atoms with Gasteiger partial charge in [0.15, 0.2) is 11.0 Å². The normalized spacial score (nSPS) is 14.7. The Morgan fingerprint density at radius 2 is 2.07 bits per heavy atom. The standard InChI is InChI=1S/C22H31ClN4O2S/c1-4-12-26(3)21(28)15-30-22-25-24-20(27(22)18-8-6-5-7-9-18)14-29-19-11-10-17(23)13-16(19)2/h10-11,13,18H,4-9,12,14-15H2,1-3H3. The first-order valence-electron chi connectivity index (χ1n) is 10.7. The van der Waals surface area contributed by atoms with E-state index in [-0.39, 0.29) is 5.91 Å². The number of halogens is 1. The van der Waals surface area contributed by atoms with Crippen LogP contribution in [0.5, 0.6) is 5.75 Å². The van der Waals surface area contributed by atoms with E-state index in [1.54, 1.807) is 4.90 Å². The van der Waals surface area contributed by atoms with Crippen molar-refractivity contribution in [3.05, 3.63) is 34.6 Å². The summed E-state index contributed by atoms with van der Waals surface area (Å²) in [6.07, 6.45) is 6.88. The summed E-state index contributed by atoms with van der Waals surface area (Å²) in [6.45, 7) is 5.17. The Bertz CT molecular complexity index is 852. The molecule has 0 aliphatic heterocycles. The first-order chi connectivity index (χ1) is 14.5. The zero-order valence-corrected chi connectivity index (χ0v) is 19.6. The van der Waals surface area contributed by atoms with Crippen molar-refractivity contribution in [1.29, 1.82) is 0 Å². The highest BCUT2D eigenvalue weighted by atomic mass is 35.5. The molecule has 164 valence electrons. The summed E-state index contributed by atoms with van der Waals surface area (Å²) in [6, 6.07) is 5.97. The van der Waals surface area contributed by atoms with E-state index in [2.05, 4.69) is 21.7 Å². The number of aryl methyl sites for hydroxylation is 1. The van der Waals surface area contributed by atoms with Crippen molar-refractivity contribution >= 4 is 29.3 Å². The molecular weight excluding hydrogens is 420 g/mol. The third-order valence-electron chi connectivity index (χ3n) is 5.48. The minimum Gasteiger partial charge on any atom is -0.485 e. The van der Waals surface area contributed by atoms with Crippen molar-refractivity contribution in [2.45, 2.75) is 70.2 Å². The third-order valence-corrected chi connectivity index (χ3v) is 6.64. The van der Waals surface area contributed by atoms with Gasteiger partial charge in [-0.2, -0.15) is 0 Å². The van der Waals surface area contributed by atoms with Gasteiger partial charge in [-0.1, -0.05) is 49.5 Å². The number of ether oxygens (including phenoxy) is 1. The maximum Gasteiger partial charge on any atom is 0.232 e. The number of carbonyl (C=O) groups excluding carboxylic acids is 1. The van der Waals surface area contributed by atoms with Crippen LogP contribution in [0.4, 0.5) is 0 Å². The van der Waals surface area contributed by atoms with Crippen LogP contribution in [-0.4, -0.2) is 44.9 Å². The average Bonchev–Trinajstić information content (AvgIpc) is 3.15. The highest BCUT2D eigenvalue weighted by Crippen LogP contribution is 2.33. The van der Waals surface area contributed by atoms with Crippen molar-refractivity contribution in [3.63, 3.8) is 0 Å². The molecule has 1 saturated carbocycles. The molecule has 1 aromatic carbocycles. The Morgan fingerprint density at radius 1 is 1.30 bits per heavy atom. The number of carbonyl (C=O) groups is 1. The molecule has 1 aliphatic rings. The Morgan fingerprint density at radius 3 is 2.77 bits per heavy atom. The van der Waals surface area contributed by atoms with E-state index < -0.39 is 0 Å². The predicted octanol–water partition coefficient (Wildman–Crippen LogP) is 5.28. The number of benzene rings is 1. The van der Waals surface area contributed by atoms with Gasteiger partial charge in [0.2, 0.25) is 5.91 Å². The van der Waals surface area contributed by atoms with E-state index >= 15 is 0 Å². The summed E-state index contributed by atoms with van der Waals surface area (Å²) in [4.78, 5) is 14.2. The number of thioether (sulfide) groups is 1. The van der Waals surface area contributed by atoms with Gasteiger partial charge in [-0.15, -0.1) is 10.2 Å². The molecule has 1 heterocycles. The SMILES string of the molecule is CCCN(C)C(=O)CSc1nnc(COc2ccc(Cl)cc2C)n1C1CCCCC1. The number of nitrogens with zero attached hydrogens (tertiary/aromatic N) is 4. The fraction of sp³-hybridized carbons (Fsp3) is 0.591. The lowest BCUT2D eigenvalue weighted by Crippen LogP contribution is -2.29. The summed E-state index contributed by atoms with van der Waals surface area (Å²) >= 11 is 7.53. The third kappa shape index (κ3) is 5.91. The van der Waals surface area contributed by atoms with Crippen LogP contribution in [0.2, 0.25) is 5.02 Å². The van der Waals surface area contributed by atoms with Gasteiger partial charge in [-0.05, 0) is 49.9 Å². The lowest BCUT2D eigenvalue weighted by atomic mass is 9.95. The summed E-state index contributed by atoms with van der Waals surface area (Å²) < 4.78 is 8.26. The first kappa shape index (κ1) is 22.9. The van der Waals surface area contributed by atoms with Gasteiger partial charge < -0.3 is 9.64 Å². The second kappa shape index (κ2) is 11.0. The Kier molecular flexibility index (Phi) is 8.45. The van der Waals surface area contributed by atoms with Crippen LogP contribution in [0, 0.1) is 6.92 Å². The lowest BCUT2D eigenvalue weighted by molar-refractivity contribution is -0.127. The van der Waals surface area contributed by atoms with Crippen LogP contribution in [0.3, 0.4) is 0 Å². The Labute approximate surface area is 188 Å². The lowest BCUT2D eigenvalue weighted by Gasteiger charge is -2.25. The zero-order chi connectivity index (χ0) is 21.5. The molecule has 2 aromatic rings. The Balaban J connectivity index is 1.74. The van der Waals surface area contributed by atoms with E-state index in [1.165, 1.54) is 31.0 Å². The maximum absolute atomic E-state index is 12.4. The minimum absolute atomic E-state index is 0.120. The highest BCUT2D eigenvalue weighted by Gasteiger charge is 2.24. The van der Waals surface area contributed by atoms with Gasteiger partial charge >= 0.3 is 0 Å². The fourth-order valence-electron chi connectivity index (χ4n) is 3.82. The average molecular weight is 451 g/mol. The monoisotopic (exact) mass is 450 g/mol. The number of aromatic nitrogens is 3. The largest absolute Gasteiger partial charge is 0.485 e.